The Kier molecular flexibility index (Phi) is 3.37. The van der Waals surface area contributed by atoms with Gasteiger partial charge < -0.3 is 4.74 Å². The average molecular weight is 235 g/mol. The van der Waals surface area contributed by atoms with Crippen molar-refractivity contribution in [1.29, 1.82) is 0 Å². The fraction of sp³-hybridized carbons (Fsp3) is 0.167. The standard InChI is InChI=1S/C12H11ClN2O/c1-2-16-10-5-3-9(4-6-10)11-12(13)15-8-7-14-11/h3-8H,2H2,1H3. The van der Waals surface area contributed by atoms with Crippen molar-refractivity contribution in [1.82, 2.24) is 9.97 Å². The first-order valence-corrected chi connectivity index (χ1v) is 5.39. The Balaban J connectivity index is 2.31. The second-order valence-electron chi connectivity index (χ2n) is 3.15. The summed E-state index contributed by atoms with van der Waals surface area (Å²) in [6, 6.07) is 7.62. The highest BCUT2D eigenvalue weighted by Gasteiger charge is 2.05. The highest BCUT2D eigenvalue weighted by molar-refractivity contribution is 6.31. The highest BCUT2D eigenvalue weighted by atomic mass is 35.5. The molecule has 0 unspecified atom stereocenters. The number of hydrogen-bond donors (Lipinski definition) is 0. The van der Waals surface area contributed by atoms with Crippen LogP contribution < -0.4 is 4.74 Å². The topological polar surface area (TPSA) is 35.0 Å². The molecule has 0 spiro atoms. The van der Waals surface area contributed by atoms with Crippen LogP contribution in [0.5, 0.6) is 5.75 Å². The SMILES string of the molecule is CCOc1ccc(-c2nccnc2Cl)cc1. The molecule has 0 saturated carbocycles. The smallest absolute Gasteiger partial charge is 0.155 e. The summed E-state index contributed by atoms with van der Waals surface area (Å²) in [5.74, 6) is 0.839. The van der Waals surface area contributed by atoms with Gasteiger partial charge in [-0.3, -0.25) is 4.98 Å². The van der Waals surface area contributed by atoms with Crippen molar-refractivity contribution < 1.29 is 4.74 Å². The van der Waals surface area contributed by atoms with Crippen molar-refractivity contribution in [2.24, 2.45) is 0 Å². The van der Waals surface area contributed by atoms with E-state index >= 15 is 0 Å². The molecule has 1 heterocycles. The Morgan fingerprint density at radius 3 is 2.44 bits per heavy atom. The van der Waals surface area contributed by atoms with E-state index in [1.54, 1.807) is 12.4 Å². The van der Waals surface area contributed by atoms with Gasteiger partial charge in [0.1, 0.15) is 11.4 Å². The average Bonchev–Trinajstić information content (AvgIpc) is 2.31. The molecule has 0 bridgehead atoms. The molecular weight excluding hydrogens is 224 g/mol. The van der Waals surface area contributed by atoms with Crippen LogP contribution in [0.1, 0.15) is 6.92 Å². The Hall–Kier alpha value is -1.61. The van der Waals surface area contributed by atoms with Gasteiger partial charge in [0.05, 0.1) is 6.61 Å². The van der Waals surface area contributed by atoms with Crippen molar-refractivity contribution in [3.63, 3.8) is 0 Å². The molecule has 16 heavy (non-hydrogen) atoms. The van der Waals surface area contributed by atoms with E-state index in [-0.39, 0.29) is 0 Å². The Bertz CT molecular complexity index is 471. The predicted molar refractivity (Wildman–Crippen MR) is 63.6 cm³/mol. The molecule has 0 amide bonds. The predicted octanol–water partition coefficient (Wildman–Crippen LogP) is 3.20. The molecule has 2 aromatic rings. The first kappa shape index (κ1) is 10.9. The molecule has 0 aliphatic heterocycles. The molecule has 3 nitrogen and oxygen atoms in total. The van der Waals surface area contributed by atoms with Gasteiger partial charge >= 0.3 is 0 Å². The molecule has 0 atom stereocenters. The molecule has 4 heteroatoms. The maximum absolute atomic E-state index is 5.95. The van der Waals surface area contributed by atoms with Crippen LogP contribution >= 0.6 is 11.6 Å². The van der Waals surface area contributed by atoms with E-state index in [0.717, 1.165) is 11.3 Å². The van der Waals surface area contributed by atoms with E-state index in [4.69, 9.17) is 16.3 Å². The maximum atomic E-state index is 5.95. The lowest BCUT2D eigenvalue weighted by atomic mass is 10.1. The van der Waals surface area contributed by atoms with Crippen molar-refractivity contribution in [3.05, 3.63) is 41.8 Å². The van der Waals surface area contributed by atoms with Gasteiger partial charge in [-0.2, -0.15) is 0 Å². The number of ether oxygens (including phenoxy) is 1. The first-order valence-electron chi connectivity index (χ1n) is 5.01. The summed E-state index contributed by atoms with van der Waals surface area (Å²) in [5, 5.41) is 0.409. The van der Waals surface area contributed by atoms with Crippen LogP contribution in [-0.4, -0.2) is 16.6 Å². The van der Waals surface area contributed by atoms with Gasteiger partial charge in [-0.05, 0) is 31.2 Å². The second kappa shape index (κ2) is 4.94. The van der Waals surface area contributed by atoms with E-state index in [9.17, 15) is 0 Å². The van der Waals surface area contributed by atoms with Crippen LogP contribution in [0.25, 0.3) is 11.3 Å². The summed E-state index contributed by atoms with van der Waals surface area (Å²) in [5.41, 5.74) is 1.62. The lowest BCUT2D eigenvalue weighted by molar-refractivity contribution is 0.340. The quantitative estimate of drug-likeness (QED) is 0.818. The zero-order valence-electron chi connectivity index (χ0n) is 8.85. The lowest BCUT2D eigenvalue weighted by Crippen LogP contribution is -1.91. The first-order chi connectivity index (χ1) is 7.81. The third kappa shape index (κ3) is 2.31. The minimum absolute atomic E-state index is 0.409. The maximum Gasteiger partial charge on any atom is 0.155 e. The summed E-state index contributed by atoms with van der Waals surface area (Å²) in [4.78, 5) is 8.17. The Morgan fingerprint density at radius 1 is 1.12 bits per heavy atom. The summed E-state index contributed by atoms with van der Waals surface area (Å²) in [6.07, 6.45) is 3.19. The summed E-state index contributed by atoms with van der Waals surface area (Å²) >= 11 is 5.95. The molecule has 0 aliphatic carbocycles. The zero-order valence-corrected chi connectivity index (χ0v) is 9.61. The van der Waals surface area contributed by atoms with Crippen LogP contribution in [0.3, 0.4) is 0 Å². The van der Waals surface area contributed by atoms with E-state index < -0.39 is 0 Å². The fourth-order valence-corrected chi connectivity index (χ4v) is 1.60. The van der Waals surface area contributed by atoms with Crippen molar-refractivity contribution in [2.45, 2.75) is 6.92 Å². The summed E-state index contributed by atoms with van der Waals surface area (Å²) in [7, 11) is 0. The van der Waals surface area contributed by atoms with Gasteiger partial charge in [0.25, 0.3) is 0 Å². The normalized spacial score (nSPS) is 10.1. The molecule has 1 aromatic carbocycles. The minimum atomic E-state index is 0.409. The number of hydrogen-bond acceptors (Lipinski definition) is 3. The fourth-order valence-electron chi connectivity index (χ4n) is 1.39. The Labute approximate surface area is 99.1 Å². The minimum Gasteiger partial charge on any atom is -0.494 e. The molecule has 1 aromatic heterocycles. The van der Waals surface area contributed by atoms with Crippen molar-refractivity contribution in [2.75, 3.05) is 6.61 Å². The summed E-state index contributed by atoms with van der Waals surface area (Å²) < 4.78 is 5.36. The second-order valence-corrected chi connectivity index (χ2v) is 3.51. The highest BCUT2D eigenvalue weighted by Crippen LogP contribution is 2.25. The Morgan fingerprint density at radius 2 is 1.81 bits per heavy atom. The van der Waals surface area contributed by atoms with Crippen LogP contribution in [0.15, 0.2) is 36.7 Å². The summed E-state index contributed by atoms with van der Waals surface area (Å²) in [6.45, 7) is 2.61. The molecule has 0 N–H and O–H groups in total. The molecule has 0 saturated heterocycles. The van der Waals surface area contributed by atoms with Crippen LogP contribution in [0.2, 0.25) is 5.15 Å². The molecule has 0 radical (unpaired) electrons. The van der Waals surface area contributed by atoms with E-state index in [0.29, 0.717) is 17.5 Å². The number of benzene rings is 1. The van der Waals surface area contributed by atoms with Gasteiger partial charge in [-0.25, -0.2) is 4.98 Å². The van der Waals surface area contributed by atoms with E-state index in [1.807, 2.05) is 31.2 Å². The zero-order chi connectivity index (χ0) is 11.4. The number of rotatable bonds is 3. The number of nitrogens with zero attached hydrogens (tertiary/aromatic N) is 2. The lowest BCUT2D eigenvalue weighted by Gasteiger charge is -2.05. The van der Waals surface area contributed by atoms with Crippen LogP contribution in [-0.2, 0) is 0 Å². The number of aromatic nitrogens is 2. The van der Waals surface area contributed by atoms with Gasteiger partial charge in [0.2, 0.25) is 0 Å². The van der Waals surface area contributed by atoms with Gasteiger partial charge in [-0.15, -0.1) is 0 Å². The van der Waals surface area contributed by atoms with Crippen molar-refractivity contribution >= 4 is 11.6 Å². The van der Waals surface area contributed by atoms with Crippen LogP contribution in [0, 0.1) is 0 Å². The molecule has 82 valence electrons. The van der Waals surface area contributed by atoms with E-state index in [2.05, 4.69) is 9.97 Å². The molecular formula is C12H11ClN2O. The monoisotopic (exact) mass is 234 g/mol. The third-order valence-corrected chi connectivity index (χ3v) is 2.37. The molecule has 0 aliphatic rings. The van der Waals surface area contributed by atoms with Gasteiger partial charge in [0.15, 0.2) is 5.15 Å². The van der Waals surface area contributed by atoms with Gasteiger partial charge in [-0.1, -0.05) is 11.6 Å². The van der Waals surface area contributed by atoms with Crippen LogP contribution in [0.4, 0.5) is 0 Å². The van der Waals surface area contributed by atoms with E-state index in [1.165, 1.54) is 0 Å². The molecule has 0 fully saturated rings. The van der Waals surface area contributed by atoms with Gasteiger partial charge in [0, 0.05) is 18.0 Å². The number of halogens is 1. The third-order valence-electron chi connectivity index (χ3n) is 2.09. The van der Waals surface area contributed by atoms with Crippen molar-refractivity contribution in [3.8, 4) is 17.0 Å². The molecule has 2 rings (SSSR count). The largest absolute Gasteiger partial charge is 0.494 e.